The van der Waals surface area contributed by atoms with Crippen molar-refractivity contribution in [2.75, 3.05) is 23.9 Å². The molecule has 2 aromatic carbocycles. The number of rotatable bonds is 7. The Kier molecular flexibility index (Phi) is 6.91. The van der Waals surface area contributed by atoms with Gasteiger partial charge in [0.1, 0.15) is 18.9 Å². The number of amides is 1. The first-order valence-corrected chi connectivity index (χ1v) is 9.58. The molecule has 0 bridgehead atoms. The number of nitriles is 2. The smallest absolute Gasteiger partial charge is 0.412 e. The SMILES string of the molecule is COc1cc(N(CC#N)C2=C(C#N)CCC2)ccc1NC(=O)OCc1ccccc1. The van der Waals surface area contributed by atoms with Crippen LogP contribution < -0.4 is 15.0 Å². The lowest BCUT2D eigenvalue weighted by Gasteiger charge is -2.25. The summed E-state index contributed by atoms with van der Waals surface area (Å²) in [7, 11) is 1.50. The zero-order valence-corrected chi connectivity index (χ0v) is 16.7. The maximum atomic E-state index is 12.2. The van der Waals surface area contributed by atoms with Gasteiger partial charge in [0, 0.05) is 23.0 Å². The van der Waals surface area contributed by atoms with Crippen molar-refractivity contribution in [2.45, 2.75) is 25.9 Å². The molecule has 0 aliphatic heterocycles. The van der Waals surface area contributed by atoms with Gasteiger partial charge in [0.05, 0.1) is 24.9 Å². The van der Waals surface area contributed by atoms with Crippen LogP contribution in [0.2, 0.25) is 0 Å². The molecule has 0 heterocycles. The second-order valence-electron chi connectivity index (χ2n) is 6.71. The van der Waals surface area contributed by atoms with Gasteiger partial charge in [-0.05, 0) is 37.0 Å². The van der Waals surface area contributed by atoms with Crippen LogP contribution in [0.25, 0.3) is 0 Å². The molecule has 1 N–H and O–H groups in total. The molecule has 1 aliphatic rings. The van der Waals surface area contributed by atoms with Crippen LogP contribution in [0.3, 0.4) is 0 Å². The first-order valence-electron chi connectivity index (χ1n) is 9.58. The summed E-state index contributed by atoms with van der Waals surface area (Å²) in [5, 5.41) is 21.3. The number of anilines is 2. The molecule has 30 heavy (non-hydrogen) atoms. The Balaban J connectivity index is 1.76. The first kappa shape index (κ1) is 20.8. The third-order valence-electron chi connectivity index (χ3n) is 4.82. The molecule has 152 valence electrons. The molecule has 1 aliphatic carbocycles. The summed E-state index contributed by atoms with van der Waals surface area (Å²) in [6, 6.07) is 19.0. The highest BCUT2D eigenvalue weighted by molar-refractivity contribution is 5.87. The Hall–Kier alpha value is -3.97. The third-order valence-corrected chi connectivity index (χ3v) is 4.82. The Morgan fingerprint density at radius 2 is 1.97 bits per heavy atom. The van der Waals surface area contributed by atoms with Crippen molar-refractivity contribution in [1.29, 1.82) is 10.5 Å². The number of methoxy groups -OCH3 is 1. The van der Waals surface area contributed by atoms with E-state index in [0.717, 1.165) is 36.2 Å². The molecule has 0 atom stereocenters. The van der Waals surface area contributed by atoms with Crippen LogP contribution in [0, 0.1) is 22.7 Å². The molecule has 2 aromatic rings. The lowest BCUT2D eigenvalue weighted by Crippen LogP contribution is -2.23. The quantitative estimate of drug-likeness (QED) is 0.672. The molecular weight excluding hydrogens is 380 g/mol. The summed E-state index contributed by atoms with van der Waals surface area (Å²) in [5.41, 5.74) is 3.64. The summed E-state index contributed by atoms with van der Waals surface area (Å²) in [5.74, 6) is 0.434. The minimum absolute atomic E-state index is 0.121. The van der Waals surface area contributed by atoms with Crippen LogP contribution >= 0.6 is 0 Å². The highest BCUT2D eigenvalue weighted by Gasteiger charge is 2.22. The molecule has 0 unspecified atom stereocenters. The predicted molar refractivity (Wildman–Crippen MR) is 113 cm³/mol. The van der Waals surface area contributed by atoms with Crippen LogP contribution in [0.4, 0.5) is 16.2 Å². The van der Waals surface area contributed by atoms with E-state index in [1.165, 1.54) is 7.11 Å². The van der Waals surface area contributed by atoms with E-state index in [1.807, 2.05) is 35.2 Å². The molecule has 0 radical (unpaired) electrons. The van der Waals surface area contributed by atoms with Crippen molar-refractivity contribution < 1.29 is 14.3 Å². The van der Waals surface area contributed by atoms with Gasteiger partial charge in [0.15, 0.2) is 0 Å². The van der Waals surface area contributed by atoms with Crippen LogP contribution in [0.1, 0.15) is 24.8 Å². The van der Waals surface area contributed by atoms with Gasteiger partial charge >= 0.3 is 6.09 Å². The number of carbonyl (C=O) groups excluding carboxylic acids is 1. The van der Waals surface area contributed by atoms with Crippen LogP contribution in [0.15, 0.2) is 59.8 Å². The van der Waals surface area contributed by atoms with Gasteiger partial charge in [-0.25, -0.2) is 4.79 Å². The molecule has 0 saturated heterocycles. The summed E-state index contributed by atoms with van der Waals surface area (Å²) in [4.78, 5) is 14.0. The monoisotopic (exact) mass is 402 g/mol. The summed E-state index contributed by atoms with van der Waals surface area (Å²) in [6.07, 6.45) is 1.77. The number of carbonyl (C=O) groups is 1. The number of allylic oxidation sites excluding steroid dienone is 2. The number of benzene rings is 2. The summed E-state index contributed by atoms with van der Waals surface area (Å²) in [6.45, 7) is 0.281. The fourth-order valence-corrected chi connectivity index (χ4v) is 3.38. The van der Waals surface area contributed by atoms with Gasteiger partial charge in [-0.1, -0.05) is 30.3 Å². The summed E-state index contributed by atoms with van der Waals surface area (Å²) >= 11 is 0. The second-order valence-corrected chi connectivity index (χ2v) is 6.71. The highest BCUT2D eigenvalue weighted by Crippen LogP contribution is 2.35. The van der Waals surface area contributed by atoms with Gasteiger partial charge in [-0.3, -0.25) is 5.32 Å². The van der Waals surface area contributed by atoms with Crippen molar-refractivity contribution in [3.05, 3.63) is 65.4 Å². The van der Waals surface area contributed by atoms with E-state index in [0.29, 0.717) is 17.0 Å². The van der Waals surface area contributed by atoms with E-state index in [9.17, 15) is 15.3 Å². The number of hydrogen-bond acceptors (Lipinski definition) is 6. The van der Waals surface area contributed by atoms with E-state index in [2.05, 4.69) is 17.5 Å². The van der Waals surface area contributed by atoms with Gasteiger partial charge in [0.2, 0.25) is 0 Å². The van der Waals surface area contributed by atoms with Crippen molar-refractivity contribution in [2.24, 2.45) is 0 Å². The van der Waals surface area contributed by atoms with E-state index >= 15 is 0 Å². The molecule has 1 amide bonds. The molecule has 0 aromatic heterocycles. The number of nitrogens with zero attached hydrogens (tertiary/aromatic N) is 3. The normalized spacial score (nSPS) is 12.6. The second kappa shape index (κ2) is 9.99. The minimum Gasteiger partial charge on any atom is -0.494 e. The lowest BCUT2D eigenvalue weighted by molar-refractivity contribution is 0.155. The Labute approximate surface area is 175 Å². The first-order chi connectivity index (χ1) is 14.7. The van der Waals surface area contributed by atoms with Crippen LogP contribution in [0.5, 0.6) is 5.75 Å². The molecule has 0 saturated carbocycles. The van der Waals surface area contributed by atoms with E-state index in [4.69, 9.17) is 9.47 Å². The minimum atomic E-state index is -0.593. The maximum absolute atomic E-state index is 12.2. The molecule has 3 rings (SSSR count). The molecular formula is C23H22N4O3. The topological polar surface area (TPSA) is 98.4 Å². The van der Waals surface area contributed by atoms with Gasteiger partial charge < -0.3 is 14.4 Å². The predicted octanol–water partition coefficient (Wildman–Crippen LogP) is 4.74. The average Bonchev–Trinajstić information content (AvgIpc) is 3.25. The number of nitrogens with one attached hydrogen (secondary N) is 1. The Morgan fingerprint density at radius 1 is 1.17 bits per heavy atom. The van der Waals surface area contributed by atoms with E-state index in [1.54, 1.807) is 18.2 Å². The zero-order chi connectivity index (χ0) is 21.3. The van der Waals surface area contributed by atoms with Gasteiger partial charge in [0.25, 0.3) is 0 Å². The molecule has 0 spiro atoms. The number of hydrogen-bond donors (Lipinski definition) is 1. The van der Waals surface area contributed by atoms with Crippen LogP contribution in [-0.2, 0) is 11.3 Å². The zero-order valence-electron chi connectivity index (χ0n) is 16.7. The van der Waals surface area contributed by atoms with Crippen molar-refractivity contribution in [3.8, 4) is 17.9 Å². The number of ether oxygens (including phenoxy) is 2. The summed E-state index contributed by atoms with van der Waals surface area (Å²) < 4.78 is 10.7. The van der Waals surface area contributed by atoms with Gasteiger partial charge in [-0.15, -0.1) is 0 Å². The standard InChI is InChI=1S/C23H22N4O3/c1-29-22-14-19(27(13-12-24)21-9-5-8-18(21)15-25)10-11-20(22)26-23(28)30-16-17-6-3-2-4-7-17/h2-4,6-7,10-11,14H,5,8-9,13,16H2,1H3,(H,26,28). The highest BCUT2D eigenvalue weighted by atomic mass is 16.5. The Bertz CT molecular complexity index is 1020. The fourth-order valence-electron chi connectivity index (χ4n) is 3.38. The molecule has 7 nitrogen and oxygen atoms in total. The van der Waals surface area contributed by atoms with Crippen molar-refractivity contribution >= 4 is 17.5 Å². The van der Waals surface area contributed by atoms with E-state index in [-0.39, 0.29) is 13.2 Å². The largest absolute Gasteiger partial charge is 0.494 e. The third kappa shape index (κ3) is 4.89. The van der Waals surface area contributed by atoms with Gasteiger partial charge in [-0.2, -0.15) is 10.5 Å². The van der Waals surface area contributed by atoms with Crippen molar-refractivity contribution in [3.63, 3.8) is 0 Å². The Morgan fingerprint density at radius 3 is 2.67 bits per heavy atom. The van der Waals surface area contributed by atoms with Crippen molar-refractivity contribution in [1.82, 2.24) is 0 Å². The average molecular weight is 402 g/mol. The van der Waals surface area contributed by atoms with E-state index < -0.39 is 6.09 Å². The fraction of sp³-hybridized carbons (Fsp3) is 0.261. The maximum Gasteiger partial charge on any atom is 0.412 e. The lowest BCUT2D eigenvalue weighted by atomic mass is 10.2. The molecule has 0 fully saturated rings. The van der Waals surface area contributed by atoms with Crippen LogP contribution in [-0.4, -0.2) is 19.7 Å². The molecule has 7 heteroatoms.